The molecule has 0 radical (unpaired) electrons. The van der Waals surface area contributed by atoms with Crippen LogP contribution < -0.4 is 11.3 Å². The first-order valence-corrected chi connectivity index (χ1v) is 8.24. The average molecular weight is 280 g/mol. The zero-order valence-corrected chi connectivity index (χ0v) is 13.3. The summed E-state index contributed by atoms with van der Waals surface area (Å²) in [6.07, 6.45) is 11.5. The van der Waals surface area contributed by atoms with E-state index in [1.54, 1.807) is 5.57 Å². The molecule has 1 fully saturated rings. The van der Waals surface area contributed by atoms with Crippen LogP contribution in [-0.4, -0.2) is 55.6 Å². The third kappa shape index (κ3) is 4.55. The van der Waals surface area contributed by atoms with Crippen molar-refractivity contribution >= 4 is 0 Å². The van der Waals surface area contributed by atoms with Gasteiger partial charge in [-0.1, -0.05) is 24.5 Å². The van der Waals surface area contributed by atoms with Crippen LogP contribution in [0.5, 0.6) is 0 Å². The largest absolute Gasteiger partial charge is 0.304 e. The van der Waals surface area contributed by atoms with Crippen molar-refractivity contribution in [2.75, 3.05) is 33.7 Å². The Hall–Kier alpha value is -0.420. The average Bonchev–Trinajstić information content (AvgIpc) is 2.40. The zero-order chi connectivity index (χ0) is 14.4. The Balaban J connectivity index is 1.96. The fourth-order valence-corrected chi connectivity index (χ4v) is 3.49. The van der Waals surface area contributed by atoms with Crippen LogP contribution in [0, 0.1) is 0 Å². The Kier molecular flexibility index (Phi) is 6.49. The summed E-state index contributed by atoms with van der Waals surface area (Å²) in [6, 6.07) is 0.966. The number of nitrogens with one attached hydrogen (secondary N) is 1. The molecule has 0 bridgehead atoms. The van der Waals surface area contributed by atoms with Crippen LogP contribution in [0.2, 0.25) is 0 Å². The van der Waals surface area contributed by atoms with E-state index in [1.807, 2.05) is 0 Å². The predicted molar refractivity (Wildman–Crippen MR) is 85.4 cm³/mol. The molecule has 1 aliphatic heterocycles. The van der Waals surface area contributed by atoms with Crippen molar-refractivity contribution in [3.05, 3.63) is 11.6 Å². The van der Waals surface area contributed by atoms with Gasteiger partial charge in [-0.25, -0.2) is 0 Å². The van der Waals surface area contributed by atoms with Crippen LogP contribution in [0.15, 0.2) is 11.6 Å². The molecule has 0 spiro atoms. The maximum atomic E-state index is 5.87. The van der Waals surface area contributed by atoms with Crippen LogP contribution in [0.25, 0.3) is 0 Å². The van der Waals surface area contributed by atoms with Gasteiger partial charge in [0.2, 0.25) is 0 Å². The summed E-state index contributed by atoms with van der Waals surface area (Å²) in [5, 5.41) is 0. The first-order chi connectivity index (χ1) is 9.70. The lowest BCUT2D eigenvalue weighted by Crippen LogP contribution is -2.53. The third-order valence-corrected chi connectivity index (χ3v) is 4.96. The lowest BCUT2D eigenvalue weighted by molar-refractivity contribution is 0.103. The fraction of sp³-hybridized carbons (Fsp3) is 0.875. The second kappa shape index (κ2) is 8.13. The predicted octanol–water partition coefficient (Wildman–Crippen LogP) is 1.73. The molecule has 0 aromatic heterocycles. The van der Waals surface area contributed by atoms with Gasteiger partial charge < -0.3 is 9.80 Å². The quantitative estimate of drug-likeness (QED) is 0.468. The molecule has 1 heterocycles. The van der Waals surface area contributed by atoms with Crippen molar-refractivity contribution in [1.29, 1.82) is 0 Å². The van der Waals surface area contributed by atoms with E-state index in [2.05, 4.69) is 35.4 Å². The molecular formula is C16H32N4. The Bertz CT molecular complexity index is 316. The Morgan fingerprint density at radius 3 is 2.85 bits per heavy atom. The van der Waals surface area contributed by atoms with Gasteiger partial charge in [0.15, 0.2) is 0 Å². The van der Waals surface area contributed by atoms with Gasteiger partial charge in [0.25, 0.3) is 0 Å². The maximum Gasteiger partial charge on any atom is 0.0435 e. The molecule has 2 atom stereocenters. The molecule has 2 rings (SSSR count). The van der Waals surface area contributed by atoms with Crippen molar-refractivity contribution in [2.45, 2.75) is 57.0 Å². The van der Waals surface area contributed by atoms with Gasteiger partial charge >= 0.3 is 0 Å². The van der Waals surface area contributed by atoms with Crippen molar-refractivity contribution < 1.29 is 0 Å². The molecule has 116 valence electrons. The molecule has 20 heavy (non-hydrogen) atoms. The minimum Gasteiger partial charge on any atom is -0.304 e. The molecule has 4 nitrogen and oxygen atoms in total. The SMILES string of the molecule is CN1CCN(C)C(CC(NN)C2=CCCCCCC2)C1. The lowest BCUT2D eigenvalue weighted by Gasteiger charge is -2.39. The Morgan fingerprint density at radius 2 is 2.05 bits per heavy atom. The molecule has 1 aliphatic carbocycles. The number of hydrogen-bond donors (Lipinski definition) is 2. The van der Waals surface area contributed by atoms with Gasteiger partial charge in [0.1, 0.15) is 0 Å². The molecule has 0 aromatic rings. The van der Waals surface area contributed by atoms with Gasteiger partial charge in [-0.2, -0.15) is 0 Å². The number of hydrogen-bond acceptors (Lipinski definition) is 4. The fourth-order valence-electron chi connectivity index (χ4n) is 3.49. The van der Waals surface area contributed by atoms with E-state index in [1.165, 1.54) is 45.1 Å². The molecule has 2 unspecified atom stereocenters. The smallest absolute Gasteiger partial charge is 0.0435 e. The molecule has 0 aromatic carbocycles. The van der Waals surface area contributed by atoms with Crippen molar-refractivity contribution in [3.63, 3.8) is 0 Å². The summed E-state index contributed by atoms with van der Waals surface area (Å²) in [4.78, 5) is 4.93. The monoisotopic (exact) mass is 280 g/mol. The van der Waals surface area contributed by atoms with E-state index in [9.17, 15) is 0 Å². The highest BCUT2D eigenvalue weighted by Crippen LogP contribution is 2.23. The van der Waals surface area contributed by atoms with Gasteiger partial charge in [0, 0.05) is 31.7 Å². The summed E-state index contributed by atoms with van der Waals surface area (Å²) in [5.41, 5.74) is 4.64. The molecular weight excluding hydrogens is 248 g/mol. The van der Waals surface area contributed by atoms with Crippen LogP contribution >= 0.6 is 0 Å². The number of piperazine rings is 1. The van der Waals surface area contributed by atoms with Gasteiger partial charge in [-0.3, -0.25) is 11.3 Å². The standard InChI is InChI=1S/C16H32N4/c1-19-10-11-20(2)15(13-19)12-16(18-17)14-8-6-4-3-5-7-9-14/h8,15-16,18H,3-7,9-13,17H2,1-2H3. The highest BCUT2D eigenvalue weighted by Gasteiger charge is 2.26. The van der Waals surface area contributed by atoms with Crippen LogP contribution in [0.3, 0.4) is 0 Å². The van der Waals surface area contributed by atoms with Crippen molar-refractivity contribution in [3.8, 4) is 0 Å². The highest BCUT2D eigenvalue weighted by atomic mass is 15.3. The Labute approximate surface area is 124 Å². The van der Waals surface area contributed by atoms with E-state index in [4.69, 9.17) is 5.84 Å². The van der Waals surface area contributed by atoms with Gasteiger partial charge in [-0.05, 0) is 46.2 Å². The van der Waals surface area contributed by atoms with E-state index < -0.39 is 0 Å². The second-order valence-corrected chi connectivity index (χ2v) is 6.58. The summed E-state index contributed by atoms with van der Waals surface area (Å²) in [6.45, 7) is 3.50. The lowest BCUT2D eigenvalue weighted by atomic mass is 9.91. The van der Waals surface area contributed by atoms with E-state index in [-0.39, 0.29) is 0 Å². The van der Waals surface area contributed by atoms with E-state index >= 15 is 0 Å². The minimum absolute atomic E-state index is 0.354. The van der Waals surface area contributed by atoms with Crippen molar-refractivity contribution in [2.24, 2.45) is 5.84 Å². The van der Waals surface area contributed by atoms with Crippen LogP contribution in [-0.2, 0) is 0 Å². The topological polar surface area (TPSA) is 44.5 Å². The number of hydrazine groups is 1. The number of allylic oxidation sites excluding steroid dienone is 1. The first-order valence-electron chi connectivity index (χ1n) is 8.24. The van der Waals surface area contributed by atoms with E-state index in [0.717, 1.165) is 19.5 Å². The zero-order valence-electron chi connectivity index (χ0n) is 13.3. The number of rotatable bonds is 4. The third-order valence-electron chi connectivity index (χ3n) is 4.96. The minimum atomic E-state index is 0.354. The van der Waals surface area contributed by atoms with Crippen LogP contribution in [0.4, 0.5) is 0 Å². The second-order valence-electron chi connectivity index (χ2n) is 6.58. The first kappa shape index (κ1) is 16.0. The van der Waals surface area contributed by atoms with Crippen molar-refractivity contribution in [1.82, 2.24) is 15.2 Å². The summed E-state index contributed by atoms with van der Waals surface area (Å²) < 4.78 is 0. The maximum absolute atomic E-state index is 5.87. The molecule has 4 heteroatoms. The molecule has 2 aliphatic rings. The molecule has 0 amide bonds. The van der Waals surface area contributed by atoms with Gasteiger partial charge in [0.05, 0.1) is 0 Å². The summed E-state index contributed by atoms with van der Waals surface area (Å²) in [7, 11) is 4.47. The van der Waals surface area contributed by atoms with Crippen LogP contribution in [0.1, 0.15) is 44.9 Å². The Morgan fingerprint density at radius 1 is 1.25 bits per heavy atom. The molecule has 0 saturated carbocycles. The normalized spacial score (nSPS) is 28.6. The molecule has 1 saturated heterocycles. The van der Waals surface area contributed by atoms with Gasteiger partial charge in [-0.15, -0.1) is 0 Å². The summed E-state index contributed by atoms with van der Waals surface area (Å²) in [5.74, 6) is 5.87. The number of nitrogens with zero attached hydrogens (tertiary/aromatic N) is 2. The highest BCUT2D eigenvalue weighted by molar-refractivity contribution is 5.12. The molecule has 3 N–H and O–H groups in total. The summed E-state index contributed by atoms with van der Waals surface area (Å²) >= 11 is 0. The van der Waals surface area contributed by atoms with E-state index in [0.29, 0.717) is 12.1 Å². The number of nitrogens with two attached hydrogens (primary N) is 1. The number of likely N-dealkylation sites (N-methyl/N-ethyl adjacent to an activating group) is 2.